The standard InChI is InChI=1S/C19H18N4O3/c1-12-4-5-14(8-13(12)2)18(24)22-16-9-15(19(25)26-3)6-7-17(16)23-11-20-10-21-23/h4-11H,1-3H3,(H,22,24). The first kappa shape index (κ1) is 17.3. The summed E-state index contributed by atoms with van der Waals surface area (Å²) in [6.45, 7) is 3.94. The number of nitrogens with one attached hydrogen (secondary N) is 1. The van der Waals surface area contributed by atoms with Gasteiger partial charge in [-0.3, -0.25) is 4.79 Å². The van der Waals surface area contributed by atoms with E-state index in [2.05, 4.69) is 15.4 Å². The van der Waals surface area contributed by atoms with Gasteiger partial charge in [-0.25, -0.2) is 14.5 Å². The van der Waals surface area contributed by atoms with Crippen LogP contribution >= 0.6 is 0 Å². The van der Waals surface area contributed by atoms with E-state index in [1.54, 1.807) is 24.3 Å². The number of hydrogen-bond donors (Lipinski definition) is 1. The Labute approximate surface area is 150 Å². The summed E-state index contributed by atoms with van der Waals surface area (Å²) in [5.74, 6) is -0.770. The molecule has 3 rings (SSSR count). The Morgan fingerprint density at radius 3 is 2.46 bits per heavy atom. The van der Waals surface area contributed by atoms with E-state index in [9.17, 15) is 9.59 Å². The monoisotopic (exact) mass is 350 g/mol. The molecule has 26 heavy (non-hydrogen) atoms. The highest BCUT2D eigenvalue weighted by atomic mass is 16.5. The number of rotatable bonds is 4. The minimum atomic E-state index is -0.489. The van der Waals surface area contributed by atoms with Crippen molar-refractivity contribution in [2.75, 3.05) is 12.4 Å². The molecule has 7 heteroatoms. The number of methoxy groups -OCH3 is 1. The summed E-state index contributed by atoms with van der Waals surface area (Å²) >= 11 is 0. The zero-order valence-electron chi connectivity index (χ0n) is 14.7. The van der Waals surface area contributed by atoms with Gasteiger partial charge in [-0.05, 0) is 55.3 Å². The quantitative estimate of drug-likeness (QED) is 0.731. The van der Waals surface area contributed by atoms with Crippen LogP contribution in [0.5, 0.6) is 0 Å². The smallest absolute Gasteiger partial charge is 0.337 e. The van der Waals surface area contributed by atoms with Crippen LogP contribution in [0.1, 0.15) is 31.8 Å². The molecular weight excluding hydrogens is 332 g/mol. The van der Waals surface area contributed by atoms with Crippen LogP contribution in [0.3, 0.4) is 0 Å². The molecule has 1 aromatic heterocycles. The number of carbonyl (C=O) groups excluding carboxylic acids is 2. The summed E-state index contributed by atoms with van der Waals surface area (Å²) in [7, 11) is 1.31. The van der Waals surface area contributed by atoms with E-state index >= 15 is 0 Å². The van der Waals surface area contributed by atoms with Crippen LogP contribution in [-0.4, -0.2) is 33.8 Å². The fourth-order valence-corrected chi connectivity index (χ4v) is 2.49. The molecule has 1 amide bonds. The Hall–Kier alpha value is -3.48. The molecule has 0 fully saturated rings. The van der Waals surface area contributed by atoms with Gasteiger partial charge in [-0.2, -0.15) is 5.10 Å². The van der Waals surface area contributed by atoms with Crippen molar-refractivity contribution in [1.82, 2.24) is 14.8 Å². The zero-order chi connectivity index (χ0) is 18.7. The van der Waals surface area contributed by atoms with Gasteiger partial charge in [0.1, 0.15) is 12.7 Å². The first-order valence-corrected chi connectivity index (χ1v) is 7.95. The van der Waals surface area contributed by atoms with Gasteiger partial charge in [0.25, 0.3) is 5.91 Å². The van der Waals surface area contributed by atoms with Gasteiger partial charge >= 0.3 is 5.97 Å². The Morgan fingerprint density at radius 1 is 1.04 bits per heavy atom. The summed E-state index contributed by atoms with van der Waals surface area (Å²) in [5.41, 5.74) is 4.01. The maximum Gasteiger partial charge on any atom is 0.337 e. The van der Waals surface area contributed by atoms with Crippen LogP contribution in [-0.2, 0) is 4.74 Å². The van der Waals surface area contributed by atoms with Crippen molar-refractivity contribution in [2.45, 2.75) is 13.8 Å². The number of ether oxygens (including phenoxy) is 1. The molecule has 1 N–H and O–H groups in total. The highest BCUT2D eigenvalue weighted by molar-refractivity contribution is 6.06. The molecule has 2 aromatic carbocycles. The Morgan fingerprint density at radius 2 is 1.81 bits per heavy atom. The number of hydrogen-bond acceptors (Lipinski definition) is 5. The molecule has 0 unspecified atom stereocenters. The molecule has 0 spiro atoms. The number of aryl methyl sites for hydroxylation is 2. The fraction of sp³-hybridized carbons (Fsp3) is 0.158. The average Bonchev–Trinajstić information content (AvgIpc) is 3.17. The normalized spacial score (nSPS) is 10.4. The molecule has 0 atom stereocenters. The fourth-order valence-electron chi connectivity index (χ4n) is 2.49. The summed E-state index contributed by atoms with van der Waals surface area (Å²) in [4.78, 5) is 28.4. The maximum absolute atomic E-state index is 12.7. The lowest BCUT2D eigenvalue weighted by Crippen LogP contribution is -2.15. The molecule has 0 saturated carbocycles. The minimum absolute atomic E-state index is 0.281. The maximum atomic E-state index is 12.7. The number of carbonyl (C=O) groups is 2. The first-order chi connectivity index (χ1) is 12.5. The van der Waals surface area contributed by atoms with Crippen molar-refractivity contribution in [3.8, 4) is 5.69 Å². The van der Waals surface area contributed by atoms with Crippen molar-refractivity contribution < 1.29 is 14.3 Å². The number of nitrogens with zero attached hydrogens (tertiary/aromatic N) is 3. The van der Waals surface area contributed by atoms with Crippen molar-refractivity contribution >= 4 is 17.6 Å². The lowest BCUT2D eigenvalue weighted by molar-refractivity contribution is 0.0600. The Bertz CT molecular complexity index is 965. The van der Waals surface area contributed by atoms with E-state index in [0.717, 1.165) is 11.1 Å². The van der Waals surface area contributed by atoms with Crippen molar-refractivity contribution in [2.24, 2.45) is 0 Å². The summed E-state index contributed by atoms with van der Waals surface area (Å²) < 4.78 is 6.26. The van der Waals surface area contributed by atoms with Crippen LogP contribution in [0.4, 0.5) is 5.69 Å². The zero-order valence-corrected chi connectivity index (χ0v) is 14.7. The van der Waals surface area contributed by atoms with Crippen LogP contribution < -0.4 is 5.32 Å². The third kappa shape index (κ3) is 3.46. The molecule has 0 aliphatic rings. The Kier molecular flexibility index (Phi) is 4.79. The topological polar surface area (TPSA) is 86.1 Å². The summed E-state index contributed by atoms with van der Waals surface area (Å²) in [6.07, 6.45) is 2.90. The highest BCUT2D eigenvalue weighted by Crippen LogP contribution is 2.23. The number of benzene rings is 2. The molecule has 0 bridgehead atoms. The van der Waals surface area contributed by atoms with Crippen molar-refractivity contribution in [3.63, 3.8) is 0 Å². The van der Waals surface area contributed by atoms with E-state index < -0.39 is 5.97 Å². The Balaban J connectivity index is 1.99. The summed E-state index contributed by atoms with van der Waals surface area (Å²) in [5, 5.41) is 6.93. The molecule has 1 heterocycles. The lowest BCUT2D eigenvalue weighted by atomic mass is 10.1. The third-order valence-corrected chi connectivity index (χ3v) is 4.10. The molecule has 132 valence electrons. The molecule has 0 aliphatic carbocycles. The first-order valence-electron chi connectivity index (χ1n) is 7.95. The van der Waals surface area contributed by atoms with Crippen molar-refractivity contribution in [3.05, 3.63) is 71.3 Å². The molecule has 7 nitrogen and oxygen atoms in total. The van der Waals surface area contributed by atoms with Gasteiger partial charge in [0, 0.05) is 5.56 Å². The van der Waals surface area contributed by atoms with Gasteiger partial charge in [0.2, 0.25) is 0 Å². The van der Waals surface area contributed by atoms with Gasteiger partial charge in [0.05, 0.1) is 24.0 Å². The molecule has 0 saturated heterocycles. The second kappa shape index (κ2) is 7.18. The van der Waals surface area contributed by atoms with Gasteiger partial charge < -0.3 is 10.1 Å². The second-order valence-electron chi connectivity index (χ2n) is 5.82. The van der Waals surface area contributed by atoms with Gasteiger partial charge in [0.15, 0.2) is 0 Å². The third-order valence-electron chi connectivity index (χ3n) is 4.10. The SMILES string of the molecule is COC(=O)c1ccc(-n2cncn2)c(NC(=O)c2ccc(C)c(C)c2)c1. The number of aromatic nitrogens is 3. The van der Waals surface area contributed by atoms with Crippen molar-refractivity contribution in [1.29, 1.82) is 0 Å². The molecular formula is C19H18N4O3. The van der Waals surface area contributed by atoms with Gasteiger partial charge in [-0.1, -0.05) is 6.07 Å². The number of amides is 1. The number of esters is 1. The van der Waals surface area contributed by atoms with E-state index in [4.69, 9.17) is 4.74 Å². The van der Waals surface area contributed by atoms with Crippen LogP contribution in [0.25, 0.3) is 5.69 Å². The predicted octanol–water partition coefficient (Wildman–Crippen LogP) is 2.92. The summed E-state index contributed by atoms with van der Waals surface area (Å²) in [6, 6.07) is 10.3. The van der Waals surface area contributed by atoms with Gasteiger partial charge in [-0.15, -0.1) is 0 Å². The molecule has 0 radical (unpaired) electrons. The minimum Gasteiger partial charge on any atom is -0.465 e. The predicted molar refractivity (Wildman–Crippen MR) is 96.6 cm³/mol. The van der Waals surface area contributed by atoms with E-state index in [-0.39, 0.29) is 5.91 Å². The average molecular weight is 350 g/mol. The van der Waals surface area contributed by atoms with Crippen LogP contribution in [0.15, 0.2) is 49.1 Å². The largest absolute Gasteiger partial charge is 0.465 e. The lowest BCUT2D eigenvalue weighted by Gasteiger charge is -2.13. The second-order valence-corrected chi connectivity index (χ2v) is 5.82. The van der Waals surface area contributed by atoms with Crippen LogP contribution in [0.2, 0.25) is 0 Å². The number of anilines is 1. The van der Waals surface area contributed by atoms with E-state index in [0.29, 0.717) is 22.5 Å². The van der Waals surface area contributed by atoms with Crippen LogP contribution in [0, 0.1) is 13.8 Å². The highest BCUT2D eigenvalue weighted by Gasteiger charge is 2.15. The molecule has 3 aromatic rings. The van der Waals surface area contributed by atoms with E-state index in [1.165, 1.54) is 24.4 Å². The molecule has 0 aliphatic heterocycles. The van der Waals surface area contributed by atoms with E-state index in [1.807, 2.05) is 26.0 Å².